The van der Waals surface area contributed by atoms with Gasteiger partial charge in [-0.3, -0.25) is 0 Å². The highest BCUT2D eigenvalue weighted by Crippen LogP contribution is 2.22. The van der Waals surface area contributed by atoms with E-state index in [2.05, 4.69) is 41.5 Å². The fraction of sp³-hybridized carbons (Fsp3) is 1.00. The molecule has 0 heterocycles. The molecule has 21 heavy (non-hydrogen) atoms. The first-order valence-electron chi connectivity index (χ1n) is 9.95. The average Bonchev–Trinajstić information content (AvgIpc) is 2.37. The molecular formula is C21H44. The Labute approximate surface area is 136 Å². The molecule has 0 saturated heterocycles. The zero-order valence-electron chi connectivity index (χ0n) is 16.1. The first-order chi connectivity index (χ1) is 9.95. The lowest BCUT2D eigenvalue weighted by atomic mass is 9.91. The molecule has 0 aliphatic heterocycles. The van der Waals surface area contributed by atoms with Crippen molar-refractivity contribution >= 4 is 0 Å². The van der Waals surface area contributed by atoms with Crippen LogP contribution in [0.4, 0.5) is 0 Å². The molecule has 0 spiro atoms. The van der Waals surface area contributed by atoms with E-state index in [1.807, 2.05) is 0 Å². The third kappa shape index (κ3) is 14.7. The van der Waals surface area contributed by atoms with Gasteiger partial charge >= 0.3 is 0 Å². The monoisotopic (exact) mass is 296 g/mol. The van der Waals surface area contributed by atoms with Crippen molar-refractivity contribution in [3.8, 4) is 0 Å². The Kier molecular flexibility index (Phi) is 13.6. The quantitative estimate of drug-likeness (QED) is 0.286. The summed E-state index contributed by atoms with van der Waals surface area (Å²) in [6.45, 7) is 14.3. The van der Waals surface area contributed by atoms with E-state index < -0.39 is 0 Å². The lowest BCUT2D eigenvalue weighted by Gasteiger charge is -2.15. The Morgan fingerprint density at radius 2 is 1.00 bits per heavy atom. The molecule has 0 aromatic heterocycles. The summed E-state index contributed by atoms with van der Waals surface area (Å²) in [5.41, 5.74) is 0. The molecule has 0 saturated carbocycles. The van der Waals surface area contributed by atoms with Crippen LogP contribution in [-0.2, 0) is 0 Å². The maximum absolute atomic E-state index is 2.46. The number of unbranched alkanes of at least 4 members (excludes halogenated alkanes) is 2. The van der Waals surface area contributed by atoms with Gasteiger partial charge in [0.2, 0.25) is 0 Å². The molecule has 0 radical (unpaired) electrons. The number of rotatable bonds is 14. The van der Waals surface area contributed by atoms with Crippen molar-refractivity contribution in [2.24, 2.45) is 23.7 Å². The van der Waals surface area contributed by atoms with Crippen LogP contribution >= 0.6 is 0 Å². The van der Waals surface area contributed by atoms with Gasteiger partial charge in [-0.15, -0.1) is 0 Å². The van der Waals surface area contributed by atoms with E-state index in [9.17, 15) is 0 Å². The van der Waals surface area contributed by atoms with Gasteiger partial charge in [0.1, 0.15) is 0 Å². The van der Waals surface area contributed by atoms with Crippen molar-refractivity contribution in [1.29, 1.82) is 0 Å². The summed E-state index contributed by atoms with van der Waals surface area (Å²) in [7, 11) is 0. The van der Waals surface area contributed by atoms with Crippen molar-refractivity contribution in [3.63, 3.8) is 0 Å². The summed E-state index contributed by atoms with van der Waals surface area (Å²) >= 11 is 0. The van der Waals surface area contributed by atoms with Crippen molar-refractivity contribution in [2.75, 3.05) is 0 Å². The van der Waals surface area contributed by atoms with Crippen LogP contribution in [-0.4, -0.2) is 0 Å². The molecule has 0 nitrogen and oxygen atoms in total. The summed E-state index contributed by atoms with van der Waals surface area (Å²) in [6.07, 6.45) is 15.8. The molecule has 0 aliphatic carbocycles. The normalized spacial score (nSPS) is 16.1. The smallest absolute Gasteiger partial charge is 0.0440 e. The number of hydrogen-bond donors (Lipinski definition) is 0. The van der Waals surface area contributed by atoms with Crippen LogP contribution in [0.3, 0.4) is 0 Å². The Hall–Kier alpha value is 0. The van der Waals surface area contributed by atoms with Gasteiger partial charge in [0.05, 0.1) is 0 Å². The second kappa shape index (κ2) is 13.6. The summed E-state index contributed by atoms with van der Waals surface area (Å²) < 4.78 is 0. The van der Waals surface area contributed by atoms with Crippen molar-refractivity contribution in [3.05, 3.63) is 0 Å². The van der Waals surface area contributed by atoms with Gasteiger partial charge in [0, 0.05) is 0 Å². The Balaban J connectivity index is 3.39. The third-order valence-electron chi connectivity index (χ3n) is 4.94. The van der Waals surface area contributed by atoms with Crippen molar-refractivity contribution in [2.45, 2.75) is 112 Å². The van der Waals surface area contributed by atoms with Gasteiger partial charge in [0.15, 0.2) is 0 Å². The molecule has 0 fully saturated rings. The predicted molar refractivity (Wildman–Crippen MR) is 98.8 cm³/mol. The van der Waals surface area contributed by atoms with Crippen LogP contribution in [0.15, 0.2) is 0 Å². The molecular weight excluding hydrogens is 252 g/mol. The minimum atomic E-state index is 0.870. The number of hydrogen-bond acceptors (Lipinski definition) is 0. The zero-order valence-corrected chi connectivity index (χ0v) is 16.1. The SMILES string of the molecule is CCCC(C)CCCC(C)CCCCCC(C)CC(C)C. The van der Waals surface area contributed by atoms with Crippen molar-refractivity contribution < 1.29 is 0 Å². The molecule has 3 atom stereocenters. The molecule has 0 N–H and O–H groups in total. The maximum atomic E-state index is 2.46. The molecule has 0 aromatic carbocycles. The van der Waals surface area contributed by atoms with E-state index in [1.54, 1.807) is 0 Å². The molecule has 0 amide bonds. The van der Waals surface area contributed by atoms with Gasteiger partial charge < -0.3 is 0 Å². The highest BCUT2D eigenvalue weighted by atomic mass is 14.1. The first-order valence-corrected chi connectivity index (χ1v) is 9.95. The fourth-order valence-electron chi connectivity index (χ4n) is 3.68. The topological polar surface area (TPSA) is 0 Å². The largest absolute Gasteiger partial charge is 0.0654 e. The van der Waals surface area contributed by atoms with Gasteiger partial charge in [-0.2, -0.15) is 0 Å². The molecule has 0 heteroatoms. The van der Waals surface area contributed by atoms with E-state index in [-0.39, 0.29) is 0 Å². The van der Waals surface area contributed by atoms with E-state index in [0.717, 1.165) is 23.7 Å². The summed E-state index contributed by atoms with van der Waals surface area (Å²) in [5, 5.41) is 0. The zero-order chi connectivity index (χ0) is 16.1. The lowest BCUT2D eigenvalue weighted by Crippen LogP contribution is -2.01. The maximum Gasteiger partial charge on any atom is -0.0440 e. The molecule has 0 aliphatic rings. The van der Waals surface area contributed by atoms with E-state index >= 15 is 0 Å². The van der Waals surface area contributed by atoms with Gasteiger partial charge in [0.25, 0.3) is 0 Å². The second-order valence-electron chi connectivity index (χ2n) is 8.30. The van der Waals surface area contributed by atoms with Crippen LogP contribution in [0, 0.1) is 23.7 Å². The minimum Gasteiger partial charge on any atom is -0.0654 e. The summed E-state index contributed by atoms with van der Waals surface area (Å²) in [4.78, 5) is 0. The van der Waals surface area contributed by atoms with Crippen LogP contribution in [0.5, 0.6) is 0 Å². The second-order valence-corrected chi connectivity index (χ2v) is 8.30. The lowest BCUT2D eigenvalue weighted by molar-refractivity contribution is 0.380. The fourth-order valence-corrected chi connectivity index (χ4v) is 3.68. The van der Waals surface area contributed by atoms with Gasteiger partial charge in [-0.1, -0.05) is 106 Å². The molecule has 128 valence electrons. The van der Waals surface area contributed by atoms with Gasteiger partial charge in [-0.25, -0.2) is 0 Å². The minimum absolute atomic E-state index is 0.870. The Morgan fingerprint density at radius 3 is 1.52 bits per heavy atom. The Bertz CT molecular complexity index is 206. The first kappa shape index (κ1) is 21.0. The van der Waals surface area contributed by atoms with Crippen LogP contribution < -0.4 is 0 Å². The van der Waals surface area contributed by atoms with Crippen LogP contribution in [0.1, 0.15) is 112 Å². The van der Waals surface area contributed by atoms with E-state index in [4.69, 9.17) is 0 Å². The summed E-state index contributed by atoms with van der Waals surface area (Å²) in [5.74, 6) is 3.70. The standard InChI is InChI=1S/C21H44/c1-7-12-19(4)15-11-16-20(5)13-9-8-10-14-21(6)17-18(2)3/h18-21H,7-17H2,1-6H3. The highest BCUT2D eigenvalue weighted by molar-refractivity contribution is 4.60. The van der Waals surface area contributed by atoms with Gasteiger partial charge in [-0.05, 0) is 30.1 Å². The predicted octanol–water partition coefficient (Wildman–Crippen LogP) is 7.86. The molecule has 0 aromatic rings. The Morgan fingerprint density at radius 1 is 0.524 bits per heavy atom. The summed E-state index contributed by atoms with van der Waals surface area (Å²) in [6, 6.07) is 0. The highest BCUT2D eigenvalue weighted by Gasteiger charge is 2.07. The molecule has 0 bridgehead atoms. The molecule has 0 rings (SSSR count). The molecule has 3 unspecified atom stereocenters. The van der Waals surface area contributed by atoms with E-state index in [1.165, 1.54) is 70.6 Å². The van der Waals surface area contributed by atoms with Crippen LogP contribution in [0.25, 0.3) is 0 Å². The average molecular weight is 297 g/mol. The third-order valence-corrected chi connectivity index (χ3v) is 4.94. The van der Waals surface area contributed by atoms with E-state index in [0.29, 0.717) is 0 Å². The van der Waals surface area contributed by atoms with Crippen LogP contribution in [0.2, 0.25) is 0 Å². The van der Waals surface area contributed by atoms with Crippen molar-refractivity contribution in [1.82, 2.24) is 0 Å².